The highest BCUT2D eigenvalue weighted by atomic mass is 19.1. The molecule has 0 aliphatic carbocycles. The molecule has 0 bridgehead atoms. The molecule has 128 valence electrons. The van der Waals surface area contributed by atoms with Crippen molar-refractivity contribution in [2.45, 2.75) is 20.0 Å². The van der Waals surface area contributed by atoms with E-state index in [2.05, 4.69) is 44.5 Å². The molecule has 0 atom stereocenters. The Balaban J connectivity index is 1.68. The lowest BCUT2D eigenvalue weighted by atomic mass is 10.2. The zero-order valence-corrected chi connectivity index (χ0v) is 14.1. The quantitative estimate of drug-likeness (QED) is 0.713. The fraction of sp³-hybridized carbons (Fsp3) is 0.211. The molecule has 0 unspecified atom stereocenters. The summed E-state index contributed by atoms with van der Waals surface area (Å²) in [7, 11) is 0. The Morgan fingerprint density at radius 2 is 1.76 bits per heavy atom. The molecule has 1 aromatic heterocycles. The van der Waals surface area contributed by atoms with Gasteiger partial charge >= 0.3 is 0 Å². The van der Waals surface area contributed by atoms with E-state index in [1.54, 1.807) is 18.3 Å². The predicted octanol–water partition coefficient (Wildman–Crippen LogP) is 3.65. The summed E-state index contributed by atoms with van der Waals surface area (Å²) in [5.41, 5.74) is 2.16. The molecule has 2 aromatic carbocycles. The minimum absolute atomic E-state index is 0.241. The Labute approximate surface area is 146 Å². The molecule has 25 heavy (non-hydrogen) atoms. The van der Waals surface area contributed by atoms with E-state index in [9.17, 15) is 4.39 Å². The highest BCUT2D eigenvalue weighted by molar-refractivity contribution is 5.40. The molecule has 0 aliphatic heterocycles. The fourth-order valence-electron chi connectivity index (χ4n) is 2.44. The Kier molecular flexibility index (Phi) is 5.51. The lowest BCUT2D eigenvalue weighted by molar-refractivity contribution is 0.627. The van der Waals surface area contributed by atoms with E-state index in [1.165, 1.54) is 17.7 Å². The van der Waals surface area contributed by atoms with Gasteiger partial charge in [-0.1, -0.05) is 42.5 Å². The van der Waals surface area contributed by atoms with E-state index >= 15 is 0 Å². The third-order valence-electron chi connectivity index (χ3n) is 3.82. The molecule has 0 saturated heterocycles. The summed E-state index contributed by atoms with van der Waals surface area (Å²) in [4.78, 5) is 6.60. The molecule has 1 N–H and O–H groups in total. The van der Waals surface area contributed by atoms with Gasteiger partial charge in [0.15, 0.2) is 5.82 Å². The summed E-state index contributed by atoms with van der Waals surface area (Å²) in [5, 5.41) is 11.4. The summed E-state index contributed by atoms with van der Waals surface area (Å²) in [6.45, 7) is 4.10. The number of benzene rings is 2. The largest absolute Gasteiger partial charge is 0.365 e. The summed E-state index contributed by atoms with van der Waals surface area (Å²) in [6.07, 6.45) is 1.59. The molecule has 0 saturated carbocycles. The molecular formula is C19H20FN5. The molecule has 3 rings (SSSR count). The van der Waals surface area contributed by atoms with Crippen molar-refractivity contribution in [3.8, 4) is 0 Å². The van der Waals surface area contributed by atoms with Crippen LogP contribution in [0.2, 0.25) is 0 Å². The Morgan fingerprint density at radius 3 is 2.48 bits per heavy atom. The van der Waals surface area contributed by atoms with E-state index in [0.717, 1.165) is 18.7 Å². The van der Waals surface area contributed by atoms with Crippen LogP contribution >= 0.6 is 0 Å². The average Bonchev–Trinajstić information content (AvgIpc) is 2.67. The molecule has 0 radical (unpaired) electrons. The maximum atomic E-state index is 13.0. The predicted molar refractivity (Wildman–Crippen MR) is 96.7 cm³/mol. The smallest absolute Gasteiger partial charge is 0.247 e. The standard InChI is InChI=1S/C19H20FN5/c1-2-25(14-16-6-4-3-5-7-16)19-23-18(13-22-24-19)21-12-15-8-10-17(20)11-9-15/h3-11,13H,2,12,14H2,1H3,(H,21,23,24). The molecule has 0 spiro atoms. The Hall–Kier alpha value is -3.02. The monoisotopic (exact) mass is 337 g/mol. The van der Waals surface area contributed by atoms with Crippen molar-refractivity contribution in [2.24, 2.45) is 0 Å². The van der Waals surface area contributed by atoms with Crippen LogP contribution in [0.4, 0.5) is 16.2 Å². The maximum Gasteiger partial charge on any atom is 0.247 e. The van der Waals surface area contributed by atoms with Crippen LogP contribution in [0, 0.1) is 5.82 Å². The van der Waals surface area contributed by atoms with Gasteiger partial charge in [0.25, 0.3) is 0 Å². The van der Waals surface area contributed by atoms with Crippen molar-refractivity contribution in [3.63, 3.8) is 0 Å². The van der Waals surface area contributed by atoms with E-state index in [-0.39, 0.29) is 5.82 Å². The summed E-state index contributed by atoms with van der Waals surface area (Å²) in [6, 6.07) is 16.6. The van der Waals surface area contributed by atoms with Crippen LogP contribution in [0.3, 0.4) is 0 Å². The van der Waals surface area contributed by atoms with Crippen molar-refractivity contribution >= 4 is 11.8 Å². The fourth-order valence-corrected chi connectivity index (χ4v) is 2.44. The second kappa shape index (κ2) is 8.19. The van der Waals surface area contributed by atoms with Gasteiger partial charge in [-0.3, -0.25) is 0 Å². The SMILES string of the molecule is CCN(Cc1ccccc1)c1nncc(NCc2ccc(F)cc2)n1. The van der Waals surface area contributed by atoms with Crippen molar-refractivity contribution < 1.29 is 4.39 Å². The number of nitrogens with one attached hydrogen (secondary N) is 1. The van der Waals surface area contributed by atoms with E-state index < -0.39 is 0 Å². The van der Waals surface area contributed by atoms with Gasteiger partial charge in [0.2, 0.25) is 5.95 Å². The van der Waals surface area contributed by atoms with Crippen LogP contribution in [0.25, 0.3) is 0 Å². The molecule has 6 heteroatoms. The van der Waals surface area contributed by atoms with Gasteiger partial charge in [-0.15, -0.1) is 5.10 Å². The van der Waals surface area contributed by atoms with Crippen molar-refractivity contribution in [2.75, 3.05) is 16.8 Å². The molecule has 0 aliphatic rings. The van der Waals surface area contributed by atoms with Gasteiger partial charge < -0.3 is 10.2 Å². The minimum Gasteiger partial charge on any atom is -0.365 e. The summed E-state index contributed by atoms with van der Waals surface area (Å²) < 4.78 is 13.0. The Morgan fingerprint density at radius 1 is 1.00 bits per heavy atom. The van der Waals surface area contributed by atoms with Crippen LogP contribution in [0.1, 0.15) is 18.1 Å². The first-order valence-corrected chi connectivity index (χ1v) is 8.21. The van der Waals surface area contributed by atoms with Gasteiger partial charge in [0, 0.05) is 19.6 Å². The van der Waals surface area contributed by atoms with Crippen molar-refractivity contribution in [1.82, 2.24) is 15.2 Å². The first-order chi connectivity index (χ1) is 12.2. The van der Waals surface area contributed by atoms with Gasteiger partial charge in [0.05, 0.1) is 6.20 Å². The maximum absolute atomic E-state index is 13.0. The van der Waals surface area contributed by atoms with E-state index in [0.29, 0.717) is 18.3 Å². The highest BCUT2D eigenvalue weighted by Crippen LogP contribution is 2.14. The number of nitrogens with zero attached hydrogens (tertiary/aromatic N) is 4. The first-order valence-electron chi connectivity index (χ1n) is 8.21. The molecule has 5 nitrogen and oxygen atoms in total. The van der Waals surface area contributed by atoms with Crippen LogP contribution < -0.4 is 10.2 Å². The van der Waals surface area contributed by atoms with Crippen molar-refractivity contribution in [1.29, 1.82) is 0 Å². The van der Waals surface area contributed by atoms with Crippen LogP contribution in [0.15, 0.2) is 60.8 Å². The lowest BCUT2D eigenvalue weighted by Crippen LogP contribution is -2.25. The third kappa shape index (κ3) is 4.73. The molecule has 1 heterocycles. The van der Waals surface area contributed by atoms with Gasteiger partial charge in [0.1, 0.15) is 5.82 Å². The molecular weight excluding hydrogens is 317 g/mol. The zero-order chi connectivity index (χ0) is 17.5. The Bertz CT molecular complexity index is 792. The minimum atomic E-state index is -0.241. The van der Waals surface area contributed by atoms with E-state index in [1.807, 2.05) is 18.2 Å². The number of halogens is 1. The van der Waals surface area contributed by atoms with Gasteiger partial charge in [-0.25, -0.2) is 4.39 Å². The zero-order valence-electron chi connectivity index (χ0n) is 14.1. The third-order valence-corrected chi connectivity index (χ3v) is 3.82. The normalized spacial score (nSPS) is 10.5. The number of rotatable bonds is 7. The van der Waals surface area contributed by atoms with Gasteiger partial charge in [-0.05, 0) is 30.2 Å². The van der Waals surface area contributed by atoms with Crippen LogP contribution in [0.5, 0.6) is 0 Å². The second-order valence-electron chi connectivity index (χ2n) is 5.62. The number of hydrogen-bond acceptors (Lipinski definition) is 5. The molecule has 0 amide bonds. The number of anilines is 2. The highest BCUT2D eigenvalue weighted by Gasteiger charge is 2.10. The lowest BCUT2D eigenvalue weighted by Gasteiger charge is -2.20. The van der Waals surface area contributed by atoms with Crippen LogP contribution in [-0.2, 0) is 13.1 Å². The van der Waals surface area contributed by atoms with Crippen molar-refractivity contribution in [3.05, 3.63) is 77.7 Å². The summed E-state index contributed by atoms with van der Waals surface area (Å²) >= 11 is 0. The van der Waals surface area contributed by atoms with Crippen LogP contribution in [-0.4, -0.2) is 21.7 Å². The second-order valence-corrected chi connectivity index (χ2v) is 5.62. The number of aromatic nitrogens is 3. The van der Waals surface area contributed by atoms with E-state index in [4.69, 9.17) is 0 Å². The number of hydrogen-bond donors (Lipinski definition) is 1. The van der Waals surface area contributed by atoms with Gasteiger partial charge in [-0.2, -0.15) is 10.1 Å². The average molecular weight is 337 g/mol. The molecule has 3 aromatic rings. The summed E-state index contributed by atoms with van der Waals surface area (Å²) in [5.74, 6) is 0.977. The molecule has 0 fully saturated rings. The topological polar surface area (TPSA) is 53.9 Å². The first kappa shape index (κ1) is 16.8.